The van der Waals surface area contributed by atoms with Gasteiger partial charge in [-0.05, 0) is 30.1 Å². The predicted octanol–water partition coefficient (Wildman–Crippen LogP) is 2.60. The van der Waals surface area contributed by atoms with Crippen molar-refractivity contribution in [2.24, 2.45) is 0 Å². The zero-order valence-electron chi connectivity index (χ0n) is 10.3. The quantitative estimate of drug-likeness (QED) is 0.814. The maximum absolute atomic E-state index is 3.31. The summed E-state index contributed by atoms with van der Waals surface area (Å²) >= 11 is 0. The van der Waals surface area contributed by atoms with E-state index in [4.69, 9.17) is 0 Å². The molecule has 0 spiro atoms. The van der Waals surface area contributed by atoms with Crippen LogP contribution in [0, 0.1) is 0 Å². The summed E-state index contributed by atoms with van der Waals surface area (Å²) in [4.78, 5) is 0. The van der Waals surface area contributed by atoms with Crippen molar-refractivity contribution in [2.45, 2.75) is 13.0 Å². The average Bonchev–Trinajstić information content (AvgIpc) is 2.40. The van der Waals surface area contributed by atoms with Gasteiger partial charge in [-0.3, -0.25) is 0 Å². The summed E-state index contributed by atoms with van der Waals surface area (Å²) in [7, 11) is 2.74. The first-order valence-electron chi connectivity index (χ1n) is 5.89. The Morgan fingerprint density at radius 3 is 2.29 bits per heavy atom. The van der Waals surface area contributed by atoms with Crippen molar-refractivity contribution in [3.05, 3.63) is 60.2 Å². The highest BCUT2D eigenvalue weighted by Gasteiger charge is 2.08. The summed E-state index contributed by atoms with van der Waals surface area (Å²) in [5.41, 5.74) is 1.40. The monoisotopic (exact) mass is 243 g/mol. The minimum absolute atomic E-state index is 0.405. The van der Waals surface area contributed by atoms with E-state index in [0.29, 0.717) is 6.04 Å². The van der Waals surface area contributed by atoms with Crippen LogP contribution in [0.2, 0.25) is 0 Å². The zero-order valence-corrected chi connectivity index (χ0v) is 11.3. The van der Waals surface area contributed by atoms with Gasteiger partial charge < -0.3 is 5.32 Å². The molecule has 0 radical (unpaired) electrons. The summed E-state index contributed by atoms with van der Waals surface area (Å²) in [6.45, 7) is 2.20. The molecule has 2 atom stereocenters. The number of benzene rings is 2. The molecular formula is C15H18NP. The third kappa shape index (κ3) is 3.15. The molecule has 0 fully saturated rings. The van der Waals surface area contributed by atoms with Crippen LogP contribution >= 0.6 is 8.58 Å². The minimum atomic E-state index is 0.405. The summed E-state index contributed by atoms with van der Waals surface area (Å²) < 4.78 is 0. The molecule has 0 aliphatic heterocycles. The lowest BCUT2D eigenvalue weighted by molar-refractivity contribution is 0.656. The topological polar surface area (TPSA) is 12.0 Å². The van der Waals surface area contributed by atoms with Gasteiger partial charge in [0.15, 0.2) is 0 Å². The maximum atomic E-state index is 3.31. The van der Waals surface area contributed by atoms with Gasteiger partial charge in [0.2, 0.25) is 0 Å². The van der Waals surface area contributed by atoms with Crippen LogP contribution in [0.4, 0.5) is 0 Å². The Hall–Kier alpha value is -1.17. The highest BCUT2D eigenvalue weighted by molar-refractivity contribution is 7.55. The molecule has 1 unspecified atom stereocenters. The summed E-state index contributed by atoms with van der Waals surface area (Å²) in [5, 5.41) is 6.13. The third-order valence-corrected chi connectivity index (χ3v) is 4.26. The lowest BCUT2D eigenvalue weighted by Crippen LogP contribution is -2.19. The molecule has 1 N–H and O–H groups in total. The van der Waals surface area contributed by atoms with Crippen LogP contribution in [-0.2, 0) is 0 Å². The van der Waals surface area contributed by atoms with Crippen molar-refractivity contribution in [3.8, 4) is 0 Å². The molecule has 0 aliphatic rings. The fraction of sp³-hybridized carbons (Fsp3) is 0.200. The van der Waals surface area contributed by atoms with Gasteiger partial charge in [-0.1, -0.05) is 63.2 Å². The van der Waals surface area contributed by atoms with Gasteiger partial charge >= 0.3 is 0 Å². The number of hydrogen-bond acceptors (Lipinski definition) is 1. The van der Waals surface area contributed by atoms with E-state index in [0.717, 1.165) is 8.58 Å². The predicted molar refractivity (Wildman–Crippen MR) is 77.9 cm³/mol. The van der Waals surface area contributed by atoms with E-state index >= 15 is 0 Å². The highest BCUT2D eigenvalue weighted by atomic mass is 31.1. The van der Waals surface area contributed by atoms with Crippen LogP contribution in [0.3, 0.4) is 0 Å². The largest absolute Gasteiger partial charge is 0.313 e. The van der Waals surface area contributed by atoms with E-state index < -0.39 is 0 Å². The Labute approximate surface area is 105 Å². The first kappa shape index (κ1) is 12.3. The molecule has 2 aromatic rings. The molecule has 1 nitrogen and oxygen atoms in total. The van der Waals surface area contributed by atoms with Crippen molar-refractivity contribution in [1.82, 2.24) is 5.32 Å². The standard InChI is InChI=1S/C15H18NP/c1-12(16-2)14-10-6-7-11-15(14)17-13-8-4-3-5-9-13/h3-12,16-17H,1-2H3/t12-/m1/s1. The van der Waals surface area contributed by atoms with Crippen LogP contribution in [0.1, 0.15) is 18.5 Å². The second kappa shape index (κ2) is 5.95. The molecule has 2 rings (SSSR count). The SMILES string of the molecule is CN[C@H](C)c1ccccc1Pc1ccccc1. The molecule has 2 heteroatoms. The lowest BCUT2D eigenvalue weighted by Gasteiger charge is -2.15. The molecule has 2 aromatic carbocycles. The molecule has 0 heterocycles. The molecule has 0 saturated carbocycles. The second-order valence-electron chi connectivity index (χ2n) is 4.09. The van der Waals surface area contributed by atoms with Crippen LogP contribution in [0.5, 0.6) is 0 Å². The molecular weight excluding hydrogens is 225 g/mol. The van der Waals surface area contributed by atoms with E-state index in [-0.39, 0.29) is 0 Å². The molecule has 0 aliphatic carbocycles. The van der Waals surface area contributed by atoms with E-state index in [2.05, 4.69) is 66.8 Å². The van der Waals surface area contributed by atoms with Crippen molar-refractivity contribution < 1.29 is 0 Å². The molecule has 17 heavy (non-hydrogen) atoms. The first-order valence-corrected chi connectivity index (χ1v) is 6.89. The van der Waals surface area contributed by atoms with Crippen molar-refractivity contribution in [2.75, 3.05) is 7.05 Å². The normalized spacial score (nSPS) is 13.1. The Morgan fingerprint density at radius 2 is 1.59 bits per heavy atom. The van der Waals surface area contributed by atoms with Crippen LogP contribution in [0.15, 0.2) is 54.6 Å². The van der Waals surface area contributed by atoms with Gasteiger partial charge in [-0.25, -0.2) is 0 Å². The highest BCUT2D eigenvalue weighted by Crippen LogP contribution is 2.18. The molecule has 88 valence electrons. The Morgan fingerprint density at radius 1 is 0.941 bits per heavy atom. The van der Waals surface area contributed by atoms with Gasteiger partial charge in [-0.2, -0.15) is 0 Å². The van der Waals surface area contributed by atoms with Crippen molar-refractivity contribution in [1.29, 1.82) is 0 Å². The van der Waals surface area contributed by atoms with Crippen molar-refractivity contribution >= 4 is 19.2 Å². The van der Waals surface area contributed by atoms with E-state index in [1.807, 2.05) is 7.05 Å². The number of hydrogen-bond donors (Lipinski definition) is 1. The van der Waals surface area contributed by atoms with E-state index in [1.165, 1.54) is 16.2 Å². The van der Waals surface area contributed by atoms with Gasteiger partial charge in [0.25, 0.3) is 0 Å². The molecule has 0 amide bonds. The fourth-order valence-corrected chi connectivity index (χ4v) is 3.11. The number of rotatable bonds is 4. The first-order chi connectivity index (χ1) is 8.31. The van der Waals surface area contributed by atoms with Gasteiger partial charge in [0.05, 0.1) is 0 Å². The second-order valence-corrected chi connectivity index (χ2v) is 5.45. The Bertz CT molecular complexity index is 467. The van der Waals surface area contributed by atoms with Crippen molar-refractivity contribution in [3.63, 3.8) is 0 Å². The van der Waals surface area contributed by atoms with Gasteiger partial charge in [-0.15, -0.1) is 0 Å². The molecule has 0 saturated heterocycles. The fourth-order valence-electron chi connectivity index (χ4n) is 1.82. The third-order valence-electron chi connectivity index (χ3n) is 2.91. The Balaban J connectivity index is 2.27. The molecule has 0 aromatic heterocycles. The van der Waals surface area contributed by atoms with Crippen LogP contribution in [0.25, 0.3) is 0 Å². The van der Waals surface area contributed by atoms with E-state index in [1.54, 1.807) is 0 Å². The smallest absolute Gasteiger partial charge is 0.0295 e. The zero-order chi connectivity index (χ0) is 12.1. The van der Waals surface area contributed by atoms with Crippen LogP contribution < -0.4 is 15.9 Å². The summed E-state index contributed by atoms with van der Waals surface area (Å²) in [6.07, 6.45) is 0. The average molecular weight is 243 g/mol. The van der Waals surface area contributed by atoms with Crippen LogP contribution in [-0.4, -0.2) is 7.05 Å². The lowest BCUT2D eigenvalue weighted by atomic mass is 10.1. The summed E-state index contributed by atoms with van der Waals surface area (Å²) in [5.74, 6) is 0. The van der Waals surface area contributed by atoms with E-state index in [9.17, 15) is 0 Å². The number of nitrogens with one attached hydrogen (secondary N) is 1. The van der Waals surface area contributed by atoms with Gasteiger partial charge in [0, 0.05) is 6.04 Å². The molecule has 0 bridgehead atoms. The minimum Gasteiger partial charge on any atom is -0.313 e. The van der Waals surface area contributed by atoms with Gasteiger partial charge in [0.1, 0.15) is 0 Å². The Kier molecular flexibility index (Phi) is 4.30. The maximum Gasteiger partial charge on any atom is 0.0295 e. The summed E-state index contributed by atoms with van der Waals surface area (Å²) in [6, 6.07) is 19.7.